The number of nitrogens with zero attached hydrogens (tertiary/aromatic N) is 2. The van der Waals surface area contributed by atoms with E-state index in [1.54, 1.807) is 0 Å². The van der Waals surface area contributed by atoms with E-state index in [1.807, 2.05) is 0 Å². The Bertz CT molecular complexity index is 400. The maximum Gasteiger partial charge on any atom is 0.248 e. The number of likely N-dealkylation sites (tertiary alicyclic amines) is 1. The minimum atomic E-state index is -0.322. The van der Waals surface area contributed by atoms with Crippen molar-refractivity contribution in [3.05, 3.63) is 0 Å². The normalized spacial score (nSPS) is 30.6. The summed E-state index contributed by atoms with van der Waals surface area (Å²) in [6, 6.07) is 1.52. The molecular weight excluding hydrogens is 300 g/mol. The second-order valence-corrected chi connectivity index (χ2v) is 8.26. The number of carbonyl (C=O) groups excluding carboxylic acids is 1. The highest BCUT2D eigenvalue weighted by atomic mass is 16.3. The van der Waals surface area contributed by atoms with Crippen LogP contribution in [0.2, 0.25) is 0 Å². The van der Waals surface area contributed by atoms with Gasteiger partial charge in [0.1, 0.15) is 6.61 Å². The van der Waals surface area contributed by atoms with Gasteiger partial charge in [0, 0.05) is 31.2 Å². The SMILES string of the molecule is CCC1CCC(N2CCC(N(C(=O)CO)C3CCCCC3)CC2)C1. The van der Waals surface area contributed by atoms with Crippen molar-refractivity contribution >= 4 is 5.91 Å². The number of amides is 1. The molecule has 3 aliphatic rings. The van der Waals surface area contributed by atoms with Gasteiger partial charge in [0.05, 0.1) is 0 Å². The maximum atomic E-state index is 12.4. The minimum Gasteiger partial charge on any atom is -0.387 e. The van der Waals surface area contributed by atoms with Gasteiger partial charge >= 0.3 is 0 Å². The van der Waals surface area contributed by atoms with Gasteiger partial charge in [-0.05, 0) is 50.9 Å². The molecule has 1 aliphatic heterocycles. The van der Waals surface area contributed by atoms with Gasteiger partial charge in [-0.3, -0.25) is 4.79 Å². The molecule has 1 N–H and O–H groups in total. The summed E-state index contributed by atoms with van der Waals surface area (Å²) in [7, 11) is 0. The highest BCUT2D eigenvalue weighted by Gasteiger charge is 2.36. The number of piperidine rings is 1. The molecule has 3 rings (SSSR count). The molecule has 1 saturated heterocycles. The molecule has 3 fully saturated rings. The lowest BCUT2D eigenvalue weighted by molar-refractivity contribution is -0.141. The summed E-state index contributed by atoms with van der Waals surface area (Å²) in [5, 5.41) is 9.45. The molecule has 0 bridgehead atoms. The Morgan fingerprint density at radius 2 is 1.67 bits per heavy atom. The fourth-order valence-corrected chi connectivity index (χ4v) is 5.43. The van der Waals surface area contributed by atoms with E-state index in [0.717, 1.165) is 50.7 Å². The average Bonchev–Trinajstić information content (AvgIpc) is 3.12. The van der Waals surface area contributed by atoms with Crippen molar-refractivity contribution < 1.29 is 9.90 Å². The zero-order valence-electron chi connectivity index (χ0n) is 15.5. The van der Waals surface area contributed by atoms with E-state index in [2.05, 4.69) is 16.7 Å². The van der Waals surface area contributed by atoms with Crippen molar-refractivity contribution in [3.8, 4) is 0 Å². The molecule has 4 heteroatoms. The first-order valence-corrected chi connectivity index (χ1v) is 10.4. The Morgan fingerprint density at radius 3 is 2.25 bits per heavy atom. The number of carbonyl (C=O) groups is 1. The van der Waals surface area contributed by atoms with Gasteiger partial charge in [0.2, 0.25) is 5.91 Å². The minimum absolute atomic E-state index is 0.0349. The molecular formula is C20H36N2O2. The first-order chi connectivity index (χ1) is 11.7. The van der Waals surface area contributed by atoms with Crippen molar-refractivity contribution in [1.82, 2.24) is 9.80 Å². The molecule has 138 valence electrons. The first kappa shape index (κ1) is 18.2. The summed E-state index contributed by atoms with van der Waals surface area (Å²) in [6.45, 7) is 4.26. The summed E-state index contributed by atoms with van der Waals surface area (Å²) in [4.78, 5) is 17.2. The van der Waals surface area contributed by atoms with Crippen LogP contribution in [0.25, 0.3) is 0 Å². The molecule has 0 aromatic heterocycles. The second-order valence-electron chi connectivity index (χ2n) is 8.26. The molecule has 1 amide bonds. The smallest absolute Gasteiger partial charge is 0.248 e. The van der Waals surface area contributed by atoms with Gasteiger partial charge in [-0.1, -0.05) is 32.6 Å². The standard InChI is InChI=1S/C20H36N2O2/c1-2-16-8-9-19(14-16)21-12-10-18(11-13-21)22(20(24)15-23)17-6-4-3-5-7-17/h16-19,23H,2-15H2,1H3. The van der Waals surface area contributed by atoms with E-state index < -0.39 is 0 Å². The quantitative estimate of drug-likeness (QED) is 0.838. The Hall–Kier alpha value is -0.610. The number of aliphatic hydroxyl groups excluding tert-OH is 1. The number of hydrogen-bond acceptors (Lipinski definition) is 3. The average molecular weight is 337 g/mol. The van der Waals surface area contributed by atoms with Crippen LogP contribution in [0.4, 0.5) is 0 Å². The van der Waals surface area contributed by atoms with Crippen molar-refractivity contribution in [3.63, 3.8) is 0 Å². The van der Waals surface area contributed by atoms with E-state index in [1.165, 1.54) is 44.9 Å². The van der Waals surface area contributed by atoms with Crippen LogP contribution in [-0.4, -0.2) is 58.6 Å². The van der Waals surface area contributed by atoms with E-state index >= 15 is 0 Å². The summed E-state index contributed by atoms with van der Waals surface area (Å²) in [6.07, 6.45) is 13.7. The van der Waals surface area contributed by atoms with Crippen molar-refractivity contribution in [2.45, 2.75) is 95.7 Å². The maximum absolute atomic E-state index is 12.4. The third-order valence-corrected chi connectivity index (χ3v) is 6.89. The number of rotatable bonds is 5. The molecule has 1 heterocycles. The molecule has 2 unspecified atom stereocenters. The van der Waals surface area contributed by atoms with Crippen molar-refractivity contribution in [2.24, 2.45) is 5.92 Å². The van der Waals surface area contributed by atoms with Crippen LogP contribution >= 0.6 is 0 Å². The predicted molar refractivity (Wildman–Crippen MR) is 96.8 cm³/mol. The second kappa shape index (κ2) is 8.66. The Balaban J connectivity index is 1.55. The topological polar surface area (TPSA) is 43.8 Å². The van der Waals surface area contributed by atoms with E-state index in [-0.39, 0.29) is 12.5 Å². The fourth-order valence-electron chi connectivity index (χ4n) is 5.43. The lowest BCUT2D eigenvalue weighted by Crippen LogP contribution is -2.54. The Morgan fingerprint density at radius 1 is 1.00 bits per heavy atom. The Kier molecular flexibility index (Phi) is 6.56. The van der Waals surface area contributed by atoms with Crippen molar-refractivity contribution in [2.75, 3.05) is 19.7 Å². The molecule has 0 aromatic carbocycles. The molecule has 2 aliphatic carbocycles. The third-order valence-electron chi connectivity index (χ3n) is 6.89. The van der Waals surface area contributed by atoms with Crippen LogP contribution in [0, 0.1) is 5.92 Å². The molecule has 4 nitrogen and oxygen atoms in total. The molecule has 0 spiro atoms. The predicted octanol–water partition coefficient (Wildman–Crippen LogP) is 3.18. The van der Waals surface area contributed by atoms with E-state index in [4.69, 9.17) is 0 Å². The first-order valence-electron chi connectivity index (χ1n) is 10.4. The van der Waals surface area contributed by atoms with Crippen LogP contribution in [0.5, 0.6) is 0 Å². The van der Waals surface area contributed by atoms with Gasteiger partial charge < -0.3 is 14.9 Å². The lowest BCUT2D eigenvalue weighted by atomic mass is 9.91. The molecule has 2 saturated carbocycles. The zero-order chi connectivity index (χ0) is 16.9. The molecule has 0 aromatic rings. The fraction of sp³-hybridized carbons (Fsp3) is 0.950. The molecule has 2 atom stereocenters. The molecule has 0 radical (unpaired) electrons. The monoisotopic (exact) mass is 336 g/mol. The van der Waals surface area contributed by atoms with Crippen LogP contribution < -0.4 is 0 Å². The summed E-state index contributed by atoms with van der Waals surface area (Å²) in [5.41, 5.74) is 0. The number of hydrogen-bond donors (Lipinski definition) is 1. The largest absolute Gasteiger partial charge is 0.387 e. The highest BCUT2D eigenvalue weighted by molar-refractivity contribution is 5.78. The van der Waals surface area contributed by atoms with Crippen LogP contribution in [0.15, 0.2) is 0 Å². The van der Waals surface area contributed by atoms with Crippen LogP contribution in [0.3, 0.4) is 0 Å². The van der Waals surface area contributed by atoms with Crippen LogP contribution in [-0.2, 0) is 4.79 Å². The summed E-state index contributed by atoms with van der Waals surface area (Å²) < 4.78 is 0. The van der Waals surface area contributed by atoms with Crippen molar-refractivity contribution in [1.29, 1.82) is 0 Å². The van der Waals surface area contributed by atoms with Gasteiger partial charge in [-0.25, -0.2) is 0 Å². The van der Waals surface area contributed by atoms with Gasteiger partial charge in [-0.2, -0.15) is 0 Å². The summed E-state index contributed by atoms with van der Waals surface area (Å²) >= 11 is 0. The van der Waals surface area contributed by atoms with Gasteiger partial charge in [0.15, 0.2) is 0 Å². The van der Waals surface area contributed by atoms with Gasteiger partial charge in [0.25, 0.3) is 0 Å². The van der Waals surface area contributed by atoms with Gasteiger partial charge in [-0.15, -0.1) is 0 Å². The Labute approximate surface area is 147 Å². The molecule has 24 heavy (non-hydrogen) atoms. The van der Waals surface area contributed by atoms with E-state index in [0.29, 0.717) is 12.1 Å². The third kappa shape index (κ3) is 4.13. The number of aliphatic hydroxyl groups is 1. The van der Waals surface area contributed by atoms with Crippen LogP contribution in [0.1, 0.15) is 77.6 Å². The summed E-state index contributed by atoms with van der Waals surface area (Å²) in [5.74, 6) is 0.898. The lowest BCUT2D eigenvalue weighted by Gasteiger charge is -2.44. The zero-order valence-corrected chi connectivity index (χ0v) is 15.5. The van der Waals surface area contributed by atoms with E-state index in [9.17, 15) is 9.90 Å². The highest BCUT2D eigenvalue weighted by Crippen LogP contribution is 2.34.